The van der Waals surface area contributed by atoms with Crippen molar-refractivity contribution in [2.75, 3.05) is 6.61 Å². The molecule has 3 aromatic rings. The minimum Gasteiger partial charge on any atom is -1.00 e. The van der Waals surface area contributed by atoms with E-state index >= 15 is 0 Å². The molecule has 2 aromatic carbocycles. The largest absolute Gasteiger partial charge is 1.00 e. The molecule has 2 saturated heterocycles. The third-order valence-corrected chi connectivity index (χ3v) is 7.09. The van der Waals surface area contributed by atoms with Crippen molar-refractivity contribution < 1.29 is 81.7 Å². The molecule has 1 aromatic heterocycles. The molecule has 14 nitrogen and oxygen atoms in total. The summed E-state index contributed by atoms with van der Waals surface area (Å²) in [6, 6.07) is 9.48. The standard InChI is InChI=1S/C27H30O14.ClH/c1-10-19(31)21(33)23(35)26(38-10)37-9-18-20(32)22(34)24(36)27(41-18)40-17-8-14-15(30)6-13(29)7-16(14)39-25(17)11-2-4-12(28)5-3-11;/h2-8,10,18-24,26-27,31-36H,9H2,1H3,(H2-,28,29,30);1H/t10-,18+,19-,20+,21+,22-,23+,24+,26+,27-;/m0./s1. The van der Waals surface area contributed by atoms with Gasteiger partial charge in [0.25, 0.3) is 0 Å². The molecule has 230 valence electrons. The fourth-order valence-corrected chi connectivity index (χ4v) is 4.70. The van der Waals surface area contributed by atoms with Crippen LogP contribution >= 0.6 is 0 Å². The van der Waals surface area contributed by atoms with E-state index in [9.17, 15) is 46.0 Å². The molecular weight excluding hydrogens is 584 g/mol. The number of ether oxygens (including phenoxy) is 4. The van der Waals surface area contributed by atoms with Gasteiger partial charge in [0.1, 0.15) is 65.4 Å². The number of benzene rings is 2. The highest BCUT2D eigenvalue weighted by Crippen LogP contribution is 2.40. The highest BCUT2D eigenvalue weighted by molar-refractivity contribution is 5.88. The Morgan fingerprint density at radius 3 is 2.07 bits per heavy atom. The number of hydrogen-bond acceptors (Lipinski definition) is 13. The van der Waals surface area contributed by atoms with Crippen LogP contribution in [0.3, 0.4) is 0 Å². The lowest BCUT2D eigenvalue weighted by Gasteiger charge is -2.42. The molecule has 9 N–H and O–H groups in total. The van der Waals surface area contributed by atoms with Gasteiger partial charge in [-0.3, -0.25) is 0 Å². The normalized spacial score (nSPS) is 33.2. The summed E-state index contributed by atoms with van der Waals surface area (Å²) in [6.45, 7) is 0.973. The summed E-state index contributed by atoms with van der Waals surface area (Å²) in [5, 5.41) is 92.0. The second-order valence-electron chi connectivity index (χ2n) is 10.0. The summed E-state index contributed by atoms with van der Waals surface area (Å²) in [4.78, 5) is 0. The number of fused-ring (bicyclic) bond motifs is 1. The van der Waals surface area contributed by atoms with Crippen LogP contribution in [0.1, 0.15) is 6.92 Å². The highest BCUT2D eigenvalue weighted by atomic mass is 35.5. The Hall–Kier alpha value is -3.02. The van der Waals surface area contributed by atoms with Crippen LogP contribution in [0.15, 0.2) is 46.9 Å². The van der Waals surface area contributed by atoms with Crippen molar-refractivity contribution in [2.24, 2.45) is 0 Å². The summed E-state index contributed by atoms with van der Waals surface area (Å²) in [5.74, 6) is -0.661. The molecule has 0 aliphatic carbocycles. The minimum atomic E-state index is -1.77. The second-order valence-corrected chi connectivity index (χ2v) is 10.0. The molecule has 0 amide bonds. The van der Waals surface area contributed by atoms with Gasteiger partial charge >= 0.3 is 11.3 Å². The van der Waals surface area contributed by atoms with Crippen LogP contribution in [0.2, 0.25) is 0 Å². The van der Waals surface area contributed by atoms with Crippen LogP contribution in [0.25, 0.3) is 22.3 Å². The average molecular weight is 615 g/mol. The van der Waals surface area contributed by atoms with E-state index in [1.807, 2.05) is 0 Å². The van der Waals surface area contributed by atoms with Gasteiger partial charge in [-0.1, -0.05) is 0 Å². The topological polar surface area (TPSA) is 230 Å². The van der Waals surface area contributed by atoms with Crippen molar-refractivity contribution in [3.05, 3.63) is 42.5 Å². The first-order valence-electron chi connectivity index (χ1n) is 12.7. The van der Waals surface area contributed by atoms with E-state index < -0.39 is 68.0 Å². The summed E-state index contributed by atoms with van der Waals surface area (Å²) >= 11 is 0. The summed E-state index contributed by atoms with van der Waals surface area (Å²) < 4.78 is 28.4. The van der Waals surface area contributed by atoms with Crippen molar-refractivity contribution in [3.63, 3.8) is 0 Å². The third-order valence-electron chi connectivity index (χ3n) is 7.09. The number of aliphatic hydroxyl groups excluding tert-OH is 6. The maximum absolute atomic E-state index is 10.7. The smallest absolute Gasteiger partial charge is 0.402 e. The molecule has 0 bridgehead atoms. The quantitative estimate of drug-likeness (QED) is 0.123. The van der Waals surface area contributed by atoms with E-state index in [-0.39, 0.29) is 52.1 Å². The molecule has 0 spiro atoms. The van der Waals surface area contributed by atoms with E-state index in [0.717, 1.165) is 6.07 Å². The van der Waals surface area contributed by atoms with E-state index in [2.05, 4.69) is 0 Å². The SMILES string of the molecule is C[C@@H]1O[C@@H](OC[C@H]2O[C@H](Oc3cc4c(O)cc(O)cc4[o+]c3-c3ccc(O)cc3)[C@H](O)[C@@H](O)[C@@H]2O)[C@H](O)[C@H](O)[C@H]1O.[Cl-]. The molecular formula is C27H31ClO14. The van der Waals surface area contributed by atoms with Crippen LogP contribution in [-0.4, -0.2) is 114 Å². The van der Waals surface area contributed by atoms with Gasteiger partial charge in [0.15, 0.2) is 6.29 Å². The Morgan fingerprint density at radius 1 is 0.738 bits per heavy atom. The van der Waals surface area contributed by atoms with E-state index in [4.69, 9.17) is 23.4 Å². The molecule has 2 aliphatic rings. The maximum Gasteiger partial charge on any atom is 0.402 e. The number of rotatable bonds is 6. The fraction of sp³-hybridized carbons (Fsp3) is 0.444. The van der Waals surface area contributed by atoms with Crippen LogP contribution in [-0.2, 0) is 14.2 Å². The lowest BCUT2D eigenvalue weighted by molar-refractivity contribution is -0.318. The Balaban J connectivity index is 0.00000405. The predicted molar refractivity (Wildman–Crippen MR) is 137 cm³/mol. The molecule has 0 unspecified atom stereocenters. The Kier molecular flexibility index (Phi) is 9.64. The van der Waals surface area contributed by atoms with Crippen molar-refractivity contribution in [2.45, 2.75) is 68.3 Å². The minimum absolute atomic E-state index is 0. The van der Waals surface area contributed by atoms with Crippen molar-refractivity contribution in [1.29, 1.82) is 0 Å². The molecule has 2 fully saturated rings. The van der Waals surface area contributed by atoms with Crippen molar-refractivity contribution in [1.82, 2.24) is 0 Å². The Morgan fingerprint density at radius 2 is 1.38 bits per heavy atom. The van der Waals surface area contributed by atoms with Crippen LogP contribution < -0.4 is 17.1 Å². The number of aliphatic hydroxyl groups is 6. The van der Waals surface area contributed by atoms with Crippen molar-refractivity contribution in [3.8, 4) is 34.3 Å². The first-order valence-corrected chi connectivity index (χ1v) is 12.7. The van der Waals surface area contributed by atoms with Gasteiger partial charge in [0.05, 0.1) is 24.3 Å². The lowest BCUT2D eigenvalue weighted by atomic mass is 9.98. The van der Waals surface area contributed by atoms with Gasteiger partial charge in [-0.25, -0.2) is 4.42 Å². The van der Waals surface area contributed by atoms with Gasteiger partial charge in [0.2, 0.25) is 12.0 Å². The Labute approximate surface area is 244 Å². The first kappa shape index (κ1) is 31.9. The van der Waals surface area contributed by atoms with E-state index in [1.54, 1.807) is 0 Å². The van der Waals surface area contributed by atoms with Gasteiger partial charge in [-0.15, -0.1) is 0 Å². The lowest BCUT2D eigenvalue weighted by Crippen LogP contribution is -3.00. The molecule has 2 aliphatic heterocycles. The summed E-state index contributed by atoms with van der Waals surface area (Å²) in [5.41, 5.74) is 0.476. The van der Waals surface area contributed by atoms with E-state index in [1.165, 1.54) is 43.3 Å². The van der Waals surface area contributed by atoms with Gasteiger partial charge < -0.3 is 77.3 Å². The van der Waals surface area contributed by atoms with Crippen LogP contribution in [0, 0.1) is 0 Å². The van der Waals surface area contributed by atoms with E-state index in [0.29, 0.717) is 5.56 Å². The van der Waals surface area contributed by atoms with Gasteiger partial charge in [-0.2, -0.15) is 0 Å². The maximum atomic E-state index is 10.7. The molecule has 3 heterocycles. The predicted octanol–water partition coefficient (Wildman–Crippen LogP) is -3.47. The first-order chi connectivity index (χ1) is 19.4. The molecule has 0 radical (unpaired) electrons. The number of aromatic hydroxyl groups is 3. The monoisotopic (exact) mass is 614 g/mol. The number of phenols is 3. The van der Waals surface area contributed by atoms with Gasteiger partial charge in [0, 0.05) is 12.1 Å². The van der Waals surface area contributed by atoms with Crippen LogP contribution in [0.4, 0.5) is 0 Å². The second kappa shape index (κ2) is 12.7. The molecule has 10 atom stereocenters. The summed E-state index contributed by atoms with van der Waals surface area (Å²) in [7, 11) is 0. The molecule has 42 heavy (non-hydrogen) atoms. The zero-order chi connectivity index (χ0) is 29.6. The number of halogens is 1. The highest BCUT2D eigenvalue weighted by Gasteiger charge is 2.48. The zero-order valence-electron chi connectivity index (χ0n) is 22.0. The third kappa shape index (κ3) is 6.18. The molecule has 5 rings (SSSR count). The number of hydrogen-bond donors (Lipinski definition) is 9. The van der Waals surface area contributed by atoms with Gasteiger partial charge in [-0.05, 0) is 31.2 Å². The molecule has 15 heteroatoms. The average Bonchev–Trinajstić information content (AvgIpc) is 2.94. The fourth-order valence-electron chi connectivity index (χ4n) is 4.70. The van der Waals surface area contributed by atoms with Crippen molar-refractivity contribution >= 4 is 11.0 Å². The zero-order valence-corrected chi connectivity index (χ0v) is 22.7. The Bertz CT molecular complexity index is 1370. The number of phenolic OH excluding ortho intramolecular Hbond substituents is 3. The molecule has 0 saturated carbocycles. The summed E-state index contributed by atoms with van der Waals surface area (Å²) in [6.07, 6.45) is -15.0. The van der Waals surface area contributed by atoms with Crippen LogP contribution in [0.5, 0.6) is 23.0 Å².